The Labute approximate surface area is 443 Å². The molecule has 2 N–H and O–H groups in total. The zero-order valence-corrected chi connectivity index (χ0v) is 41.6. The van der Waals surface area contributed by atoms with Gasteiger partial charge < -0.3 is 14.9 Å². The Morgan fingerprint density at radius 2 is 0.714 bits per heavy atom. The molecule has 3 aliphatic rings. The van der Waals surface area contributed by atoms with Crippen molar-refractivity contribution in [3.63, 3.8) is 0 Å². The lowest BCUT2D eigenvalue weighted by atomic mass is 9.65. The molecule has 0 aromatic heterocycles. The number of hydrogen-bond donors (Lipinski definition) is 2. The van der Waals surface area contributed by atoms with Gasteiger partial charge in [-0.05, 0) is 187 Å². The summed E-state index contributed by atoms with van der Waals surface area (Å²) in [6.45, 7) is 0. The Morgan fingerprint density at radius 1 is 0.247 bits per heavy atom. The second-order valence-electron chi connectivity index (χ2n) is 21.4. The van der Waals surface area contributed by atoms with Crippen LogP contribution < -0.4 is 4.74 Å². The van der Waals surface area contributed by atoms with E-state index in [0.717, 1.165) is 93.4 Å². The first-order valence-electron chi connectivity index (χ1n) is 26.5. The first kappa shape index (κ1) is 42.4. The number of ether oxygens (including phenoxy) is 1. The number of phenols is 2. The average Bonchev–Trinajstić information content (AvgIpc) is 4.02. The summed E-state index contributed by atoms with van der Waals surface area (Å²) in [6, 6.07) is 92.5. The van der Waals surface area contributed by atoms with Gasteiger partial charge in [0.25, 0.3) is 0 Å². The lowest BCUT2D eigenvalue weighted by Gasteiger charge is -2.40. The highest BCUT2D eigenvalue weighted by molar-refractivity contribution is 6.07. The zero-order valence-electron chi connectivity index (χ0n) is 41.6. The molecule has 2 aliphatic carbocycles. The maximum Gasteiger partial charge on any atom is 0.140 e. The second-order valence-corrected chi connectivity index (χ2v) is 21.4. The van der Waals surface area contributed by atoms with Gasteiger partial charge >= 0.3 is 0 Å². The van der Waals surface area contributed by atoms with Crippen LogP contribution in [0.15, 0.2) is 255 Å². The molecule has 1 heterocycles. The molecular formula is C74H44O3. The fourth-order valence-electron chi connectivity index (χ4n) is 14.3. The monoisotopic (exact) mass is 980 g/mol. The van der Waals surface area contributed by atoms with E-state index in [9.17, 15) is 10.2 Å². The molecule has 1 atom stereocenters. The van der Waals surface area contributed by atoms with Crippen molar-refractivity contribution in [3.05, 3.63) is 299 Å². The second kappa shape index (κ2) is 15.3. The van der Waals surface area contributed by atoms with Gasteiger partial charge in [0.1, 0.15) is 23.0 Å². The van der Waals surface area contributed by atoms with Crippen LogP contribution in [-0.4, -0.2) is 10.2 Å². The van der Waals surface area contributed by atoms with E-state index < -0.39 is 10.8 Å². The van der Waals surface area contributed by atoms with E-state index in [-0.39, 0.29) is 11.5 Å². The predicted octanol–water partition coefficient (Wildman–Crippen LogP) is 18.5. The van der Waals surface area contributed by atoms with Gasteiger partial charge in [0.15, 0.2) is 0 Å². The molecule has 14 aromatic rings. The molecule has 1 aliphatic heterocycles. The molecule has 0 saturated carbocycles. The number of phenolic OH excluding ortho intramolecular Hbond substituents is 2. The molecular weight excluding hydrogens is 937 g/mol. The van der Waals surface area contributed by atoms with Crippen LogP contribution in [0, 0.1) is 0 Å². The Morgan fingerprint density at radius 3 is 1.42 bits per heavy atom. The third-order valence-corrected chi connectivity index (χ3v) is 17.6. The molecule has 1 spiro atoms. The normalized spacial score (nSPS) is 15.4. The van der Waals surface area contributed by atoms with Crippen LogP contribution in [-0.2, 0) is 10.8 Å². The molecule has 3 nitrogen and oxygen atoms in total. The molecule has 3 heteroatoms. The van der Waals surface area contributed by atoms with E-state index >= 15 is 0 Å². The number of fused-ring (bicyclic) bond motifs is 20. The van der Waals surface area contributed by atoms with E-state index in [2.05, 4.69) is 218 Å². The molecule has 0 amide bonds. The van der Waals surface area contributed by atoms with Crippen molar-refractivity contribution >= 4 is 64.6 Å². The first-order chi connectivity index (χ1) is 37.9. The summed E-state index contributed by atoms with van der Waals surface area (Å²) in [5, 5.41) is 34.3. The van der Waals surface area contributed by atoms with Gasteiger partial charge in [-0.15, -0.1) is 0 Å². The standard InChI is InChI=1S/C74H44O3/c75-55-30-24-47-34-53(28-22-49(47)36-55)73(54-29-23-50-37-56(76)31-25-48(50)35-54)65-18-7-5-16-60(65)64-42-61-51(41-69(64)73)13-9-17-57(61)52-21-20-44-27-33-68-72(62(44)39-52)77-71-58-14-4-3-10-43(58)26-32-67(71)74(68)66-19-8-6-15-59(66)63-38-45-11-1-2-12-46(45)40-70(63)74/h1-42,75-76H. The third kappa shape index (κ3) is 5.64. The Hall–Kier alpha value is -9.96. The smallest absolute Gasteiger partial charge is 0.140 e. The van der Waals surface area contributed by atoms with Gasteiger partial charge in [-0.3, -0.25) is 0 Å². The van der Waals surface area contributed by atoms with Crippen molar-refractivity contribution in [1.82, 2.24) is 0 Å². The molecule has 358 valence electrons. The Kier molecular flexibility index (Phi) is 8.44. The van der Waals surface area contributed by atoms with Crippen LogP contribution in [0.2, 0.25) is 0 Å². The highest BCUT2D eigenvalue weighted by atomic mass is 16.5. The SMILES string of the molecule is Oc1ccc2cc(C3(c4ccc5cc(O)ccc5c4)c4ccccc4-c4cc5c(-c6ccc7ccc8c(c7c6)Oc6c(ccc7ccccc67)C86c7ccccc7-c7cc8ccccc8cc76)cccc5cc43)ccc2c1. The number of hydrogen-bond acceptors (Lipinski definition) is 3. The van der Waals surface area contributed by atoms with Gasteiger partial charge in [-0.2, -0.15) is 0 Å². The molecule has 0 fully saturated rings. The van der Waals surface area contributed by atoms with Crippen LogP contribution in [0.5, 0.6) is 23.0 Å². The summed E-state index contributed by atoms with van der Waals surface area (Å²) < 4.78 is 7.53. The number of rotatable bonds is 3. The summed E-state index contributed by atoms with van der Waals surface area (Å²) in [6.07, 6.45) is 0. The van der Waals surface area contributed by atoms with Crippen molar-refractivity contribution in [1.29, 1.82) is 0 Å². The molecule has 0 saturated heterocycles. The minimum atomic E-state index is -0.701. The van der Waals surface area contributed by atoms with Gasteiger partial charge in [-0.25, -0.2) is 0 Å². The maximum absolute atomic E-state index is 10.5. The van der Waals surface area contributed by atoms with Gasteiger partial charge in [0.2, 0.25) is 0 Å². The fourth-order valence-corrected chi connectivity index (χ4v) is 14.3. The fraction of sp³-hybridized carbons (Fsp3) is 0.0270. The van der Waals surface area contributed by atoms with Crippen LogP contribution in [0.4, 0.5) is 0 Å². The predicted molar refractivity (Wildman–Crippen MR) is 315 cm³/mol. The minimum absolute atomic E-state index is 0.248. The van der Waals surface area contributed by atoms with Crippen LogP contribution >= 0.6 is 0 Å². The topological polar surface area (TPSA) is 49.7 Å². The molecule has 0 radical (unpaired) electrons. The van der Waals surface area contributed by atoms with Crippen molar-refractivity contribution in [2.24, 2.45) is 0 Å². The van der Waals surface area contributed by atoms with E-state index in [1.807, 2.05) is 24.3 Å². The summed E-state index contributed by atoms with van der Waals surface area (Å²) in [5.74, 6) is 2.29. The van der Waals surface area contributed by atoms with E-state index in [0.29, 0.717) is 0 Å². The number of benzene rings is 14. The lowest BCUT2D eigenvalue weighted by Crippen LogP contribution is -2.32. The molecule has 17 rings (SSSR count). The molecule has 1 unspecified atom stereocenters. The van der Waals surface area contributed by atoms with Crippen molar-refractivity contribution < 1.29 is 14.9 Å². The van der Waals surface area contributed by atoms with Gasteiger partial charge in [0.05, 0.1) is 10.8 Å². The van der Waals surface area contributed by atoms with E-state index in [1.54, 1.807) is 12.1 Å². The Bertz CT molecular complexity index is 4860. The van der Waals surface area contributed by atoms with E-state index in [4.69, 9.17) is 4.74 Å². The zero-order chi connectivity index (χ0) is 50.7. The van der Waals surface area contributed by atoms with Crippen LogP contribution in [0.3, 0.4) is 0 Å². The largest absolute Gasteiger partial charge is 0.508 e. The number of aromatic hydroxyl groups is 2. The molecule has 0 bridgehead atoms. The first-order valence-corrected chi connectivity index (χ1v) is 26.5. The average molecular weight is 981 g/mol. The van der Waals surface area contributed by atoms with Gasteiger partial charge in [0, 0.05) is 21.9 Å². The minimum Gasteiger partial charge on any atom is -0.508 e. The summed E-state index contributed by atoms with van der Waals surface area (Å²) >= 11 is 0. The summed E-state index contributed by atoms with van der Waals surface area (Å²) in [4.78, 5) is 0. The van der Waals surface area contributed by atoms with Crippen LogP contribution in [0.25, 0.3) is 98.0 Å². The van der Waals surface area contributed by atoms with Crippen molar-refractivity contribution in [3.8, 4) is 56.4 Å². The molecule has 14 aromatic carbocycles. The quantitative estimate of drug-likeness (QED) is 0.185. The van der Waals surface area contributed by atoms with E-state index in [1.165, 1.54) is 60.7 Å². The van der Waals surface area contributed by atoms with Crippen molar-refractivity contribution in [2.75, 3.05) is 0 Å². The maximum atomic E-state index is 10.5. The van der Waals surface area contributed by atoms with Crippen molar-refractivity contribution in [2.45, 2.75) is 10.8 Å². The Balaban J connectivity index is 0.911. The highest BCUT2D eigenvalue weighted by Crippen LogP contribution is 2.65. The molecule has 77 heavy (non-hydrogen) atoms. The lowest BCUT2D eigenvalue weighted by molar-refractivity contribution is 0.447. The third-order valence-electron chi connectivity index (χ3n) is 17.6. The summed E-state index contributed by atoms with van der Waals surface area (Å²) in [7, 11) is 0. The summed E-state index contributed by atoms with van der Waals surface area (Å²) in [5.41, 5.74) is 15.4. The van der Waals surface area contributed by atoms with Crippen LogP contribution in [0.1, 0.15) is 44.5 Å². The highest BCUT2D eigenvalue weighted by Gasteiger charge is 2.52. The van der Waals surface area contributed by atoms with Gasteiger partial charge in [-0.1, -0.05) is 188 Å².